The van der Waals surface area contributed by atoms with Crippen LogP contribution in [0.3, 0.4) is 0 Å². The second-order valence-electron chi connectivity index (χ2n) is 5.84. The third-order valence-electron chi connectivity index (χ3n) is 3.19. The summed E-state index contributed by atoms with van der Waals surface area (Å²) in [5.41, 5.74) is 6.92. The van der Waals surface area contributed by atoms with Gasteiger partial charge in [0.05, 0.1) is 18.8 Å². The second kappa shape index (κ2) is 10.2. The minimum atomic E-state index is -3.31. The van der Waals surface area contributed by atoms with Gasteiger partial charge < -0.3 is 16.4 Å². The van der Waals surface area contributed by atoms with Crippen LogP contribution in [0, 0.1) is 5.92 Å². The third kappa shape index (κ3) is 9.28. The maximum Gasteiger partial charge on any atom is 0.239 e. The molecule has 0 saturated heterocycles. The van der Waals surface area contributed by atoms with Gasteiger partial charge in [0.2, 0.25) is 21.8 Å². The van der Waals surface area contributed by atoms with Crippen LogP contribution in [0.15, 0.2) is 24.3 Å². The molecule has 0 fully saturated rings. The van der Waals surface area contributed by atoms with Crippen molar-refractivity contribution in [2.24, 2.45) is 11.7 Å². The van der Waals surface area contributed by atoms with E-state index < -0.39 is 16.1 Å². The van der Waals surface area contributed by atoms with E-state index in [-0.39, 0.29) is 43.2 Å². The van der Waals surface area contributed by atoms with E-state index in [4.69, 9.17) is 5.73 Å². The molecule has 1 aromatic carbocycles. The molecule has 0 radical (unpaired) electrons. The fraction of sp³-hybridized carbons (Fsp3) is 0.467. The number of carbonyl (C=O) groups excluding carboxylic acids is 2. The van der Waals surface area contributed by atoms with Crippen LogP contribution in [-0.4, -0.2) is 39.1 Å². The van der Waals surface area contributed by atoms with Crippen molar-refractivity contribution in [3.63, 3.8) is 0 Å². The van der Waals surface area contributed by atoms with E-state index in [1.165, 1.54) is 0 Å². The van der Waals surface area contributed by atoms with Gasteiger partial charge >= 0.3 is 0 Å². The summed E-state index contributed by atoms with van der Waals surface area (Å²) < 4.78 is 24.6. The number of benzene rings is 1. The molecule has 0 spiro atoms. The van der Waals surface area contributed by atoms with Gasteiger partial charge in [-0.3, -0.25) is 14.3 Å². The largest absolute Gasteiger partial charge is 0.350 e. The minimum Gasteiger partial charge on any atom is -0.350 e. The van der Waals surface area contributed by atoms with E-state index in [0.29, 0.717) is 5.69 Å². The van der Waals surface area contributed by atoms with E-state index in [1.807, 2.05) is 13.8 Å². The first-order valence-corrected chi connectivity index (χ1v) is 9.34. The molecular formula is C15H25ClN4O4S. The zero-order valence-corrected chi connectivity index (χ0v) is 16.0. The lowest BCUT2D eigenvalue weighted by Gasteiger charge is -2.15. The zero-order chi connectivity index (χ0) is 18.3. The molecule has 0 aliphatic heterocycles. The van der Waals surface area contributed by atoms with E-state index in [1.54, 1.807) is 24.3 Å². The lowest BCUT2D eigenvalue weighted by molar-refractivity contribution is -0.127. The minimum absolute atomic E-state index is 0. The molecule has 0 aliphatic rings. The molecule has 5 N–H and O–H groups in total. The van der Waals surface area contributed by atoms with Crippen molar-refractivity contribution in [3.05, 3.63) is 29.8 Å². The van der Waals surface area contributed by atoms with Gasteiger partial charge in [0.15, 0.2) is 0 Å². The van der Waals surface area contributed by atoms with Crippen LogP contribution in [0.5, 0.6) is 0 Å². The first-order valence-electron chi connectivity index (χ1n) is 7.45. The summed E-state index contributed by atoms with van der Waals surface area (Å²) in [7, 11) is -3.31. The quantitative estimate of drug-likeness (QED) is 0.502. The summed E-state index contributed by atoms with van der Waals surface area (Å²) in [5.74, 6) is -0.707. The molecule has 0 saturated carbocycles. The molecule has 0 unspecified atom stereocenters. The Balaban J connectivity index is 0.00000576. The number of anilines is 1. The number of nitrogens with two attached hydrogens (primary N) is 1. The van der Waals surface area contributed by atoms with Gasteiger partial charge in [-0.15, -0.1) is 12.4 Å². The van der Waals surface area contributed by atoms with E-state index in [9.17, 15) is 18.0 Å². The normalized spacial score (nSPS) is 12.0. The highest BCUT2D eigenvalue weighted by molar-refractivity contribution is 7.92. The predicted molar refractivity (Wildman–Crippen MR) is 99.8 cm³/mol. The summed E-state index contributed by atoms with van der Waals surface area (Å²) in [6, 6.07) is 5.95. The fourth-order valence-corrected chi connectivity index (χ4v) is 2.32. The highest BCUT2D eigenvalue weighted by atomic mass is 35.5. The van der Waals surface area contributed by atoms with E-state index >= 15 is 0 Å². The van der Waals surface area contributed by atoms with E-state index in [0.717, 1.165) is 11.8 Å². The van der Waals surface area contributed by atoms with Gasteiger partial charge in [0, 0.05) is 12.2 Å². The first kappa shape index (κ1) is 23.2. The number of nitrogens with one attached hydrogen (secondary N) is 3. The molecule has 0 heterocycles. The van der Waals surface area contributed by atoms with Crippen molar-refractivity contribution >= 4 is 39.9 Å². The van der Waals surface area contributed by atoms with Crippen LogP contribution in [-0.2, 0) is 26.2 Å². The third-order valence-corrected chi connectivity index (χ3v) is 3.80. The Morgan fingerprint density at radius 2 is 1.68 bits per heavy atom. The highest BCUT2D eigenvalue weighted by Crippen LogP contribution is 2.10. The molecule has 142 valence electrons. The number of hydrogen-bond acceptors (Lipinski definition) is 5. The zero-order valence-electron chi connectivity index (χ0n) is 14.4. The number of halogens is 1. The molecule has 1 rings (SSSR count). The van der Waals surface area contributed by atoms with Gasteiger partial charge in [0.1, 0.15) is 0 Å². The first-order chi connectivity index (χ1) is 11.1. The Kier molecular flexibility index (Phi) is 9.47. The van der Waals surface area contributed by atoms with Crippen LogP contribution >= 0.6 is 12.4 Å². The summed E-state index contributed by atoms with van der Waals surface area (Å²) in [4.78, 5) is 23.4. The Hall–Kier alpha value is -1.84. The number of carbonyl (C=O) groups is 2. The Morgan fingerprint density at radius 3 is 2.16 bits per heavy atom. The van der Waals surface area contributed by atoms with Gasteiger partial charge in [0.25, 0.3) is 0 Å². The van der Waals surface area contributed by atoms with Crippen molar-refractivity contribution in [2.75, 3.05) is 17.5 Å². The number of rotatable bonds is 8. The smallest absolute Gasteiger partial charge is 0.239 e. The summed E-state index contributed by atoms with van der Waals surface area (Å²) in [6.07, 6.45) is 1.07. The van der Waals surface area contributed by atoms with E-state index in [2.05, 4.69) is 15.4 Å². The van der Waals surface area contributed by atoms with Crippen LogP contribution in [0.4, 0.5) is 5.69 Å². The summed E-state index contributed by atoms with van der Waals surface area (Å²) in [5, 5.41) is 5.14. The maximum absolute atomic E-state index is 11.7. The van der Waals surface area contributed by atoms with Crippen LogP contribution < -0.4 is 21.1 Å². The predicted octanol–water partition coefficient (Wildman–Crippen LogP) is 0.196. The molecular weight excluding hydrogens is 368 g/mol. The van der Waals surface area contributed by atoms with Crippen molar-refractivity contribution in [1.82, 2.24) is 10.6 Å². The molecule has 10 heteroatoms. The lowest BCUT2D eigenvalue weighted by Crippen LogP contribution is -2.47. The van der Waals surface area contributed by atoms with Gasteiger partial charge in [-0.05, 0) is 23.6 Å². The monoisotopic (exact) mass is 392 g/mol. The van der Waals surface area contributed by atoms with Gasteiger partial charge in [-0.1, -0.05) is 26.0 Å². The van der Waals surface area contributed by atoms with Gasteiger partial charge in [-0.25, -0.2) is 8.42 Å². The number of amides is 2. The molecule has 0 aliphatic carbocycles. The lowest BCUT2D eigenvalue weighted by atomic mass is 10.1. The number of hydrogen-bond donors (Lipinski definition) is 4. The van der Waals surface area contributed by atoms with Crippen molar-refractivity contribution in [1.29, 1.82) is 0 Å². The number of sulfonamides is 1. The maximum atomic E-state index is 11.7. The van der Waals surface area contributed by atoms with Crippen molar-refractivity contribution in [3.8, 4) is 0 Å². The van der Waals surface area contributed by atoms with Gasteiger partial charge in [-0.2, -0.15) is 0 Å². The topological polar surface area (TPSA) is 130 Å². The van der Waals surface area contributed by atoms with Crippen molar-refractivity contribution in [2.45, 2.75) is 26.4 Å². The molecule has 1 atom stereocenters. The Morgan fingerprint density at radius 1 is 1.12 bits per heavy atom. The second-order valence-corrected chi connectivity index (χ2v) is 7.58. The summed E-state index contributed by atoms with van der Waals surface area (Å²) >= 11 is 0. The van der Waals surface area contributed by atoms with Crippen molar-refractivity contribution < 1.29 is 18.0 Å². The molecule has 0 bridgehead atoms. The molecule has 0 aromatic heterocycles. The average molecular weight is 393 g/mol. The fourth-order valence-electron chi connectivity index (χ4n) is 1.76. The van der Waals surface area contributed by atoms with Crippen LogP contribution in [0.1, 0.15) is 19.4 Å². The molecule has 2 amide bonds. The van der Waals surface area contributed by atoms with Crippen LogP contribution in [0.2, 0.25) is 0 Å². The Labute approximate surface area is 154 Å². The Bertz CT molecular complexity index is 677. The summed E-state index contributed by atoms with van der Waals surface area (Å²) in [6.45, 7) is 3.77. The highest BCUT2D eigenvalue weighted by Gasteiger charge is 2.17. The van der Waals surface area contributed by atoms with Crippen LogP contribution in [0.25, 0.3) is 0 Å². The molecule has 25 heavy (non-hydrogen) atoms. The standard InChI is InChI=1S/C15H24N4O4S.ClH/c1-10(2)14(16)15(21)18-9-13(20)17-8-11-4-6-12(7-5-11)19-24(3,22)23;/h4-7,10,14,19H,8-9,16H2,1-3H3,(H,17,20)(H,18,21);1H/t14-;/m0./s1. The molecule has 1 aromatic rings. The molecule has 8 nitrogen and oxygen atoms in total. The average Bonchev–Trinajstić information content (AvgIpc) is 2.49. The SMILES string of the molecule is CC(C)[C@H](N)C(=O)NCC(=O)NCc1ccc(NS(C)(=O)=O)cc1.Cl.